The second-order valence-corrected chi connectivity index (χ2v) is 11.4. The Bertz CT molecular complexity index is 1310. The van der Waals surface area contributed by atoms with Gasteiger partial charge < -0.3 is 14.6 Å². The van der Waals surface area contributed by atoms with Gasteiger partial charge >= 0.3 is 0 Å². The van der Waals surface area contributed by atoms with Crippen molar-refractivity contribution in [3.05, 3.63) is 70.5 Å². The monoisotopic (exact) mass is 456 g/mol. The molecule has 5 nitrogen and oxygen atoms in total. The van der Waals surface area contributed by atoms with E-state index in [1.54, 1.807) is 17.7 Å². The highest BCUT2D eigenvalue weighted by Crippen LogP contribution is 2.65. The fourth-order valence-corrected chi connectivity index (χ4v) is 7.75. The van der Waals surface area contributed by atoms with Gasteiger partial charge in [0.1, 0.15) is 5.75 Å². The van der Waals surface area contributed by atoms with Crippen LogP contribution in [0.25, 0.3) is 10.9 Å². The molecule has 0 aliphatic heterocycles. The quantitative estimate of drug-likeness (QED) is 0.543. The molecule has 2 aromatic carbocycles. The van der Waals surface area contributed by atoms with Crippen LogP contribution in [0.5, 0.6) is 5.75 Å². The van der Waals surface area contributed by atoms with E-state index in [-0.39, 0.29) is 16.9 Å². The minimum absolute atomic E-state index is 0.0548. The normalized spacial score (nSPS) is 29.4. The van der Waals surface area contributed by atoms with Crippen molar-refractivity contribution < 1.29 is 9.53 Å². The van der Waals surface area contributed by atoms with Crippen molar-refractivity contribution in [3.8, 4) is 5.75 Å². The Labute approximate surface area is 200 Å². The van der Waals surface area contributed by atoms with Gasteiger partial charge in [0, 0.05) is 11.5 Å². The number of hydrogen-bond donors (Lipinski definition) is 1. The largest absolute Gasteiger partial charge is 0.497 e. The molecule has 4 saturated carbocycles. The number of nitrogens with one attached hydrogen (secondary N) is 1. The summed E-state index contributed by atoms with van der Waals surface area (Å²) in [5.41, 5.74) is 2.68. The molecule has 5 heteroatoms. The van der Waals surface area contributed by atoms with Gasteiger partial charge in [-0.1, -0.05) is 25.1 Å². The number of nitrogens with zero attached hydrogens (tertiary/aromatic N) is 1. The molecule has 3 aromatic rings. The van der Waals surface area contributed by atoms with E-state index in [4.69, 9.17) is 4.74 Å². The van der Waals surface area contributed by atoms with Gasteiger partial charge in [-0.3, -0.25) is 9.59 Å². The Kier molecular flexibility index (Phi) is 4.87. The van der Waals surface area contributed by atoms with Crippen LogP contribution in [0.15, 0.2) is 59.4 Å². The number of benzene rings is 2. The number of methoxy groups -OCH3 is 1. The molecule has 4 aliphatic carbocycles. The van der Waals surface area contributed by atoms with Crippen LogP contribution in [0.3, 0.4) is 0 Å². The van der Waals surface area contributed by atoms with E-state index in [9.17, 15) is 9.59 Å². The maximum absolute atomic E-state index is 13.8. The summed E-state index contributed by atoms with van der Waals surface area (Å²) < 4.78 is 7.03. The van der Waals surface area contributed by atoms with Crippen LogP contribution in [0, 0.1) is 22.7 Å². The molecule has 1 heterocycles. The SMILES string of the molecule is COc1ccc(Cn2c(=O)ccc3c(NC(=O)C45CC6CC(CC(C)(C6)C4)C5)cccc32)cc1. The smallest absolute Gasteiger partial charge is 0.251 e. The Morgan fingerprint density at radius 2 is 1.76 bits per heavy atom. The molecular formula is C29H32N2O3. The van der Waals surface area contributed by atoms with E-state index >= 15 is 0 Å². The highest BCUT2D eigenvalue weighted by Gasteiger charge is 2.58. The lowest BCUT2D eigenvalue weighted by atomic mass is 9.44. The minimum atomic E-state index is -0.238. The Hall–Kier alpha value is -3.08. The van der Waals surface area contributed by atoms with Crippen molar-refractivity contribution >= 4 is 22.5 Å². The lowest BCUT2D eigenvalue weighted by molar-refractivity contribution is -0.149. The van der Waals surface area contributed by atoms with Gasteiger partial charge in [0.25, 0.3) is 5.56 Å². The summed E-state index contributed by atoms with van der Waals surface area (Å²) in [7, 11) is 1.64. The van der Waals surface area contributed by atoms with E-state index in [0.29, 0.717) is 23.8 Å². The number of ether oxygens (including phenoxy) is 1. The van der Waals surface area contributed by atoms with Crippen LogP contribution in [0.2, 0.25) is 0 Å². The lowest BCUT2D eigenvalue weighted by Crippen LogP contribution is -2.55. The van der Waals surface area contributed by atoms with Gasteiger partial charge in [0.2, 0.25) is 5.91 Å². The van der Waals surface area contributed by atoms with Crippen LogP contribution in [-0.4, -0.2) is 17.6 Å². The summed E-state index contributed by atoms with van der Waals surface area (Å²) >= 11 is 0. The fraction of sp³-hybridized carbons (Fsp3) is 0.448. The highest BCUT2D eigenvalue weighted by molar-refractivity contribution is 6.03. The van der Waals surface area contributed by atoms with Gasteiger partial charge in [0.05, 0.1) is 30.3 Å². The summed E-state index contributed by atoms with van der Waals surface area (Å²) in [5.74, 6) is 2.35. The van der Waals surface area contributed by atoms with E-state index in [2.05, 4.69) is 12.2 Å². The minimum Gasteiger partial charge on any atom is -0.497 e. The Balaban J connectivity index is 1.32. The summed E-state index contributed by atoms with van der Waals surface area (Å²) in [5, 5.41) is 4.22. The molecule has 4 fully saturated rings. The molecule has 0 saturated heterocycles. The third-order valence-electron chi connectivity index (χ3n) is 8.62. The molecule has 0 radical (unpaired) electrons. The van der Waals surface area contributed by atoms with Gasteiger partial charge in [-0.15, -0.1) is 0 Å². The predicted molar refractivity (Wildman–Crippen MR) is 134 cm³/mol. The number of fused-ring (bicyclic) bond motifs is 1. The molecule has 0 spiro atoms. The van der Waals surface area contributed by atoms with Crippen molar-refractivity contribution in [2.24, 2.45) is 22.7 Å². The van der Waals surface area contributed by atoms with Crippen molar-refractivity contribution in [3.63, 3.8) is 0 Å². The average molecular weight is 457 g/mol. The zero-order chi connectivity index (χ0) is 23.5. The molecule has 1 amide bonds. The predicted octanol–water partition coefficient (Wildman–Crippen LogP) is 5.60. The summed E-state index contributed by atoms with van der Waals surface area (Å²) in [6, 6.07) is 17.1. The molecule has 2 atom stereocenters. The van der Waals surface area contributed by atoms with Gasteiger partial charge in [-0.25, -0.2) is 0 Å². The van der Waals surface area contributed by atoms with E-state index in [0.717, 1.165) is 47.2 Å². The summed E-state index contributed by atoms with van der Waals surface area (Å²) in [6.45, 7) is 2.85. The van der Waals surface area contributed by atoms with E-state index in [1.165, 1.54) is 19.3 Å². The highest BCUT2D eigenvalue weighted by atomic mass is 16.5. The number of carbonyl (C=O) groups excluding carboxylic acids is 1. The number of carbonyl (C=O) groups is 1. The third-order valence-corrected chi connectivity index (χ3v) is 8.62. The molecule has 176 valence electrons. The van der Waals surface area contributed by atoms with Crippen LogP contribution in [0.4, 0.5) is 5.69 Å². The maximum Gasteiger partial charge on any atom is 0.251 e. The van der Waals surface area contributed by atoms with Gasteiger partial charge in [-0.05, 0) is 91.7 Å². The first-order chi connectivity index (χ1) is 16.4. The van der Waals surface area contributed by atoms with E-state index in [1.807, 2.05) is 48.5 Å². The molecular weight excluding hydrogens is 424 g/mol. The van der Waals surface area contributed by atoms with Gasteiger partial charge in [0.15, 0.2) is 0 Å². The van der Waals surface area contributed by atoms with Crippen molar-refractivity contribution in [2.45, 2.75) is 52.0 Å². The zero-order valence-corrected chi connectivity index (χ0v) is 20.0. The standard InChI is InChI=1S/C29H32N2O3/c1-28-13-20-12-21(14-28)16-29(15-20,18-28)27(33)30-24-4-3-5-25-23(24)10-11-26(32)31(25)17-19-6-8-22(34-2)9-7-19/h3-11,20-21H,12-18H2,1-2H3,(H,30,33). The summed E-state index contributed by atoms with van der Waals surface area (Å²) in [6.07, 6.45) is 6.92. The second-order valence-electron chi connectivity index (χ2n) is 11.4. The number of pyridine rings is 1. The molecule has 34 heavy (non-hydrogen) atoms. The van der Waals surface area contributed by atoms with Crippen LogP contribution in [0.1, 0.15) is 51.0 Å². The van der Waals surface area contributed by atoms with Crippen molar-refractivity contribution in [2.75, 3.05) is 12.4 Å². The molecule has 1 aromatic heterocycles. The average Bonchev–Trinajstić information content (AvgIpc) is 2.80. The number of anilines is 1. The van der Waals surface area contributed by atoms with Crippen LogP contribution >= 0.6 is 0 Å². The van der Waals surface area contributed by atoms with Gasteiger partial charge in [-0.2, -0.15) is 0 Å². The molecule has 7 rings (SSSR count). The van der Waals surface area contributed by atoms with Crippen LogP contribution < -0.4 is 15.6 Å². The second kappa shape index (κ2) is 7.72. The molecule has 4 bridgehead atoms. The topological polar surface area (TPSA) is 60.3 Å². The Morgan fingerprint density at radius 3 is 2.44 bits per heavy atom. The first kappa shape index (κ1) is 21.5. The number of hydrogen-bond acceptors (Lipinski definition) is 3. The summed E-state index contributed by atoms with van der Waals surface area (Å²) in [4.78, 5) is 26.6. The van der Waals surface area contributed by atoms with Crippen molar-refractivity contribution in [1.82, 2.24) is 4.57 Å². The molecule has 4 aliphatic rings. The van der Waals surface area contributed by atoms with E-state index < -0.39 is 0 Å². The maximum atomic E-state index is 13.8. The van der Waals surface area contributed by atoms with Crippen molar-refractivity contribution in [1.29, 1.82) is 0 Å². The first-order valence-electron chi connectivity index (χ1n) is 12.4. The van der Waals surface area contributed by atoms with Crippen LogP contribution in [-0.2, 0) is 11.3 Å². The molecule has 1 N–H and O–H groups in total. The third kappa shape index (κ3) is 3.53. The zero-order valence-electron chi connectivity index (χ0n) is 20.0. The Morgan fingerprint density at radius 1 is 1.03 bits per heavy atom. The number of amides is 1. The molecule has 2 unspecified atom stereocenters. The number of rotatable bonds is 5. The lowest BCUT2D eigenvalue weighted by Gasteiger charge is -2.60. The fourth-order valence-electron chi connectivity index (χ4n) is 7.75. The first-order valence-corrected chi connectivity index (χ1v) is 12.4. The number of aromatic nitrogens is 1.